The fourth-order valence-corrected chi connectivity index (χ4v) is 4.98. The van der Waals surface area contributed by atoms with E-state index < -0.39 is 0 Å². The summed E-state index contributed by atoms with van der Waals surface area (Å²) in [5.74, 6) is 0.905. The molecular formula is C30H31ClN2O. The number of nitrogens with zero attached hydrogens (tertiary/aromatic N) is 1. The molecule has 0 saturated carbocycles. The van der Waals surface area contributed by atoms with Crippen LogP contribution >= 0.6 is 11.6 Å². The van der Waals surface area contributed by atoms with Crippen LogP contribution in [0.5, 0.6) is 5.75 Å². The zero-order chi connectivity index (χ0) is 23.3. The van der Waals surface area contributed by atoms with Crippen LogP contribution in [0.15, 0.2) is 78.9 Å². The third-order valence-corrected chi connectivity index (χ3v) is 6.93. The minimum atomic E-state index is 0.544. The molecule has 0 radical (unpaired) electrons. The van der Waals surface area contributed by atoms with Crippen LogP contribution in [0.25, 0.3) is 10.8 Å². The molecule has 1 aliphatic rings. The van der Waals surface area contributed by atoms with Crippen LogP contribution in [0.1, 0.15) is 36.0 Å². The largest absolute Gasteiger partial charge is 0.489 e. The highest BCUT2D eigenvalue weighted by Crippen LogP contribution is 2.33. The molecule has 1 heterocycles. The Morgan fingerprint density at radius 1 is 0.882 bits per heavy atom. The first-order chi connectivity index (χ1) is 16.7. The van der Waals surface area contributed by atoms with Crippen LogP contribution in [0, 0.1) is 6.92 Å². The number of hydrogen-bond acceptors (Lipinski definition) is 3. The Labute approximate surface area is 207 Å². The number of benzene rings is 4. The quantitative estimate of drug-likeness (QED) is 0.296. The van der Waals surface area contributed by atoms with Gasteiger partial charge in [-0.05, 0) is 66.8 Å². The second-order valence-electron chi connectivity index (χ2n) is 9.11. The number of rotatable bonds is 7. The molecule has 3 nitrogen and oxygen atoms in total. The average molecular weight is 471 g/mol. The van der Waals surface area contributed by atoms with Crippen molar-refractivity contribution in [1.29, 1.82) is 0 Å². The monoisotopic (exact) mass is 470 g/mol. The van der Waals surface area contributed by atoms with Crippen LogP contribution in [0.4, 0.5) is 11.4 Å². The third kappa shape index (κ3) is 5.15. The van der Waals surface area contributed by atoms with Crippen molar-refractivity contribution in [1.82, 2.24) is 0 Å². The van der Waals surface area contributed by atoms with Crippen molar-refractivity contribution in [2.75, 3.05) is 23.3 Å². The van der Waals surface area contributed by atoms with Crippen molar-refractivity contribution in [2.24, 2.45) is 0 Å². The number of anilines is 2. The van der Waals surface area contributed by atoms with Crippen molar-refractivity contribution >= 4 is 33.7 Å². The van der Waals surface area contributed by atoms with Gasteiger partial charge in [0.2, 0.25) is 0 Å². The number of halogens is 1. The molecule has 5 rings (SSSR count). The lowest BCUT2D eigenvalue weighted by Gasteiger charge is -2.29. The summed E-state index contributed by atoms with van der Waals surface area (Å²) < 4.78 is 6.31. The van der Waals surface area contributed by atoms with Crippen molar-refractivity contribution in [2.45, 2.75) is 39.3 Å². The summed E-state index contributed by atoms with van der Waals surface area (Å²) in [4.78, 5) is 2.40. The van der Waals surface area contributed by atoms with E-state index >= 15 is 0 Å². The molecule has 0 amide bonds. The van der Waals surface area contributed by atoms with Gasteiger partial charge in [0.25, 0.3) is 0 Å². The molecule has 1 fully saturated rings. The highest BCUT2D eigenvalue weighted by molar-refractivity contribution is 6.33. The number of piperidine rings is 1. The van der Waals surface area contributed by atoms with E-state index in [4.69, 9.17) is 16.3 Å². The summed E-state index contributed by atoms with van der Waals surface area (Å²) in [5.41, 5.74) is 5.73. The van der Waals surface area contributed by atoms with E-state index in [0.717, 1.165) is 46.4 Å². The molecule has 1 aliphatic heterocycles. The first-order valence-electron chi connectivity index (χ1n) is 12.1. The fraction of sp³-hybridized carbons (Fsp3) is 0.267. The van der Waals surface area contributed by atoms with E-state index in [-0.39, 0.29) is 0 Å². The predicted octanol–water partition coefficient (Wildman–Crippen LogP) is 7.98. The number of ether oxygens (including phenoxy) is 1. The predicted molar refractivity (Wildman–Crippen MR) is 144 cm³/mol. The van der Waals surface area contributed by atoms with Crippen LogP contribution in [-0.2, 0) is 13.2 Å². The lowest BCUT2D eigenvalue weighted by Crippen LogP contribution is -2.29. The highest BCUT2D eigenvalue weighted by atomic mass is 35.5. The van der Waals surface area contributed by atoms with E-state index in [1.165, 1.54) is 35.6 Å². The molecule has 0 spiro atoms. The molecule has 0 aromatic heterocycles. The molecule has 4 aromatic carbocycles. The summed E-state index contributed by atoms with van der Waals surface area (Å²) in [6, 6.07) is 27.5. The van der Waals surface area contributed by atoms with Crippen LogP contribution < -0.4 is 15.0 Å². The summed E-state index contributed by atoms with van der Waals surface area (Å²) in [7, 11) is 0. The number of fused-ring (bicyclic) bond motifs is 1. The molecule has 0 atom stereocenters. The lowest BCUT2D eigenvalue weighted by molar-refractivity contribution is 0.304. The first kappa shape index (κ1) is 22.6. The van der Waals surface area contributed by atoms with Gasteiger partial charge in [-0.25, -0.2) is 0 Å². The van der Waals surface area contributed by atoms with E-state index in [2.05, 4.69) is 89.9 Å². The van der Waals surface area contributed by atoms with E-state index in [0.29, 0.717) is 13.2 Å². The van der Waals surface area contributed by atoms with Gasteiger partial charge < -0.3 is 15.0 Å². The highest BCUT2D eigenvalue weighted by Gasteiger charge is 2.15. The van der Waals surface area contributed by atoms with Gasteiger partial charge in [0.15, 0.2) is 0 Å². The molecule has 0 unspecified atom stereocenters. The van der Waals surface area contributed by atoms with Gasteiger partial charge in [0.1, 0.15) is 12.4 Å². The van der Waals surface area contributed by atoms with Crippen molar-refractivity contribution in [3.8, 4) is 5.75 Å². The van der Waals surface area contributed by atoms with Gasteiger partial charge >= 0.3 is 0 Å². The molecule has 34 heavy (non-hydrogen) atoms. The minimum absolute atomic E-state index is 0.544. The SMILES string of the molecule is Cc1ccc(COc2ccc3ccccc3c2CNc2ccc(N3CCCCC3)c(Cl)c2)cc1. The topological polar surface area (TPSA) is 24.5 Å². The van der Waals surface area contributed by atoms with Crippen LogP contribution in [0.3, 0.4) is 0 Å². The van der Waals surface area contributed by atoms with Gasteiger partial charge in [-0.15, -0.1) is 0 Å². The van der Waals surface area contributed by atoms with Crippen LogP contribution in [0.2, 0.25) is 5.02 Å². The zero-order valence-corrected chi connectivity index (χ0v) is 20.4. The number of hydrogen-bond donors (Lipinski definition) is 1. The Bertz CT molecular complexity index is 1260. The average Bonchev–Trinajstić information content (AvgIpc) is 2.88. The number of nitrogens with one attached hydrogen (secondary N) is 1. The third-order valence-electron chi connectivity index (χ3n) is 6.63. The van der Waals surface area contributed by atoms with Gasteiger partial charge in [0.05, 0.1) is 10.7 Å². The maximum Gasteiger partial charge on any atom is 0.125 e. The normalized spacial score (nSPS) is 13.8. The molecule has 4 aromatic rings. The Balaban J connectivity index is 1.36. The van der Waals surface area contributed by atoms with E-state index in [9.17, 15) is 0 Å². The molecule has 1 N–H and O–H groups in total. The smallest absolute Gasteiger partial charge is 0.125 e. The zero-order valence-electron chi connectivity index (χ0n) is 19.7. The maximum atomic E-state index is 6.69. The van der Waals surface area contributed by atoms with Crippen LogP contribution in [-0.4, -0.2) is 13.1 Å². The van der Waals surface area contributed by atoms with Gasteiger partial charge in [-0.3, -0.25) is 0 Å². The second-order valence-corrected chi connectivity index (χ2v) is 9.51. The fourth-order valence-electron chi connectivity index (χ4n) is 4.68. The van der Waals surface area contributed by atoms with Crippen molar-refractivity contribution in [3.63, 3.8) is 0 Å². The standard InChI is InChI=1S/C30H31ClN2O/c1-22-9-11-23(12-10-22)21-34-30-16-13-24-7-3-4-8-26(24)27(30)20-32-25-14-15-29(28(31)19-25)33-17-5-2-6-18-33/h3-4,7-16,19,32H,2,5-6,17-18,20-21H2,1H3. The molecular weight excluding hydrogens is 440 g/mol. The Kier molecular flexibility index (Phi) is 6.92. The lowest BCUT2D eigenvalue weighted by atomic mass is 10.0. The Morgan fingerprint density at radius 2 is 1.68 bits per heavy atom. The number of aryl methyl sites for hydroxylation is 1. The first-order valence-corrected chi connectivity index (χ1v) is 12.5. The van der Waals surface area contributed by atoms with Gasteiger partial charge in [-0.2, -0.15) is 0 Å². The Morgan fingerprint density at radius 3 is 2.47 bits per heavy atom. The van der Waals surface area contributed by atoms with E-state index in [1.807, 2.05) is 6.07 Å². The van der Waals surface area contributed by atoms with Crippen molar-refractivity contribution < 1.29 is 4.74 Å². The molecule has 1 saturated heterocycles. The minimum Gasteiger partial charge on any atom is -0.489 e. The van der Waals surface area contributed by atoms with Gasteiger partial charge in [0, 0.05) is 30.9 Å². The summed E-state index contributed by atoms with van der Waals surface area (Å²) in [6.45, 7) is 5.48. The maximum absolute atomic E-state index is 6.69. The second kappa shape index (κ2) is 10.4. The molecule has 0 aliphatic carbocycles. The Hall–Kier alpha value is -3.17. The van der Waals surface area contributed by atoms with Crippen molar-refractivity contribution in [3.05, 3.63) is 101 Å². The summed E-state index contributed by atoms with van der Waals surface area (Å²) in [5, 5.41) is 6.80. The van der Waals surface area contributed by atoms with Gasteiger partial charge in [-0.1, -0.05) is 71.8 Å². The summed E-state index contributed by atoms with van der Waals surface area (Å²) in [6.07, 6.45) is 3.79. The summed E-state index contributed by atoms with van der Waals surface area (Å²) >= 11 is 6.69. The molecule has 4 heteroatoms. The molecule has 0 bridgehead atoms. The van der Waals surface area contributed by atoms with E-state index in [1.54, 1.807) is 0 Å². The molecule has 174 valence electrons.